The molecular formula is C13H8ClF5N2. The van der Waals surface area contributed by atoms with Crippen molar-refractivity contribution in [1.29, 1.82) is 0 Å². The summed E-state index contributed by atoms with van der Waals surface area (Å²) in [5.74, 6) is -2.39. The van der Waals surface area contributed by atoms with E-state index in [1.165, 1.54) is 0 Å². The van der Waals surface area contributed by atoms with Gasteiger partial charge in [0.05, 0.1) is 22.0 Å². The SMILES string of the molecule is Nc1ccc(F)c(F)c1Nc1ccc(C(F)(F)F)cc1Cl. The Morgan fingerprint density at radius 3 is 2.29 bits per heavy atom. The zero-order valence-electron chi connectivity index (χ0n) is 10.2. The van der Waals surface area contributed by atoms with E-state index in [1.54, 1.807) is 0 Å². The largest absolute Gasteiger partial charge is 0.416 e. The maximum absolute atomic E-state index is 13.6. The van der Waals surface area contributed by atoms with Crippen molar-refractivity contribution in [3.8, 4) is 0 Å². The molecule has 0 heterocycles. The zero-order chi connectivity index (χ0) is 15.8. The Labute approximate surface area is 121 Å². The van der Waals surface area contributed by atoms with Crippen LogP contribution in [0.2, 0.25) is 5.02 Å². The molecule has 2 rings (SSSR count). The predicted octanol–water partition coefficient (Wildman–Crippen LogP) is 4.96. The van der Waals surface area contributed by atoms with Crippen LogP contribution in [0.1, 0.15) is 5.56 Å². The molecule has 0 aromatic heterocycles. The molecule has 0 fully saturated rings. The van der Waals surface area contributed by atoms with Crippen molar-refractivity contribution in [1.82, 2.24) is 0 Å². The lowest BCUT2D eigenvalue weighted by Gasteiger charge is -2.14. The minimum Gasteiger partial charge on any atom is -0.397 e. The summed E-state index contributed by atoms with van der Waals surface area (Å²) in [5, 5.41) is 2.09. The number of rotatable bonds is 2. The zero-order valence-corrected chi connectivity index (χ0v) is 11.0. The first-order valence-electron chi connectivity index (χ1n) is 5.57. The van der Waals surface area contributed by atoms with Crippen LogP contribution < -0.4 is 11.1 Å². The lowest BCUT2D eigenvalue weighted by molar-refractivity contribution is -0.137. The van der Waals surface area contributed by atoms with E-state index < -0.39 is 29.1 Å². The molecule has 0 aliphatic heterocycles. The van der Waals surface area contributed by atoms with Gasteiger partial charge in [0.25, 0.3) is 0 Å². The maximum Gasteiger partial charge on any atom is 0.416 e. The smallest absolute Gasteiger partial charge is 0.397 e. The third kappa shape index (κ3) is 3.18. The summed E-state index contributed by atoms with van der Waals surface area (Å²) in [6.07, 6.45) is -4.55. The van der Waals surface area contributed by atoms with Gasteiger partial charge < -0.3 is 11.1 Å². The minimum absolute atomic E-state index is 0.0270. The summed E-state index contributed by atoms with van der Waals surface area (Å²) >= 11 is 5.71. The van der Waals surface area contributed by atoms with Crippen LogP contribution in [-0.2, 0) is 6.18 Å². The molecule has 0 spiro atoms. The van der Waals surface area contributed by atoms with Gasteiger partial charge in [0.1, 0.15) is 5.69 Å². The van der Waals surface area contributed by atoms with Gasteiger partial charge in [0.2, 0.25) is 0 Å². The molecule has 2 aromatic carbocycles. The molecule has 0 aliphatic rings. The first-order chi connectivity index (χ1) is 9.70. The first kappa shape index (κ1) is 15.4. The standard InChI is InChI=1S/C13H8ClF5N2/c14-7-5-6(13(17,18)19)1-4-10(7)21-12-9(20)3-2-8(15)11(12)16/h1-5,21H,20H2. The van der Waals surface area contributed by atoms with Gasteiger partial charge in [-0.3, -0.25) is 0 Å². The van der Waals surface area contributed by atoms with E-state index in [0.717, 1.165) is 24.3 Å². The van der Waals surface area contributed by atoms with E-state index in [9.17, 15) is 22.0 Å². The normalized spacial score (nSPS) is 11.5. The monoisotopic (exact) mass is 322 g/mol. The first-order valence-corrected chi connectivity index (χ1v) is 5.95. The molecule has 0 aliphatic carbocycles. The number of alkyl halides is 3. The topological polar surface area (TPSA) is 38.0 Å². The van der Waals surface area contributed by atoms with Crippen molar-refractivity contribution in [3.63, 3.8) is 0 Å². The molecule has 0 radical (unpaired) electrons. The molecule has 0 saturated carbocycles. The maximum atomic E-state index is 13.6. The van der Waals surface area contributed by atoms with Crippen LogP contribution in [0.3, 0.4) is 0 Å². The fraction of sp³-hybridized carbons (Fsp3) is 0.0769. The van der Waals surface area contributed by atoms with Gasteiger partial charge in [-0.25, -0.2) is 8.78 Å². The van der Waals surface area contributed by atoms with Crippen LogP contribution in [0, 0.1) is 11.6 Å². The molecule has 0 bridgehead atoms. The van der Waals surface area contributed by atoms with E-state index in [2.05, 4.69) is 5.32 Å². The van der Waals surface area contributed by atoms with Crippen LogP contribution >= 0.6 is 11.6 Å². The number of nitrogens with one attached hydrogen (secondary N) is 1. The van der Waals surface area contributed by atoms with Crippen molar-refractivity contribution in [2.45, 2.75) is 6.18 Å². The van der Waals surface area contributed by atoms with E-state index in [-0.39, 0.29) is 16.4 Å². The highest BCUT2D eigenvalue weighted by molar-refractivity contribution is 6.33. The van der Waals surface area contributed by atoms with Gasteiger partial charge in [-0.1, -0.05) is 11.6 Å². The number of nitrogen functional groups attached to an aromatic ring is 1. The quantitative estimate of drug-likeness (QED) is 0.605. The summed E-state index contributed by atoms with van der Waals surface area (Å²) in [6, 6.07) is 4.41. The number of benzene rings is 2. The van der Waals surface area contributed by atoms with Gasteiger partial charge in [0, 0.05) is 0 Å². The molecular weight excluding hydrogens is 315 g/mol. The van der Waals surface area contributed by atoms with Crippen LogP contribution in [0.15, 0.2) is 30.3 Å². The number of halogens is 6. The fourth-order valence-corrected chi connectivity index (χ4v) is 1.85. The lowest BCUT2D eigenvalue weighted by atomic mass is 10.2. The van der Waals surface area contributed by atoms with E-state index in [0.29, 0.717) is 6.07 Å². The second-order valence-electron chi connectivity index (χ2n) is 4.14. The lowest BCUT2D eigenvalue weighted by Crippen LogP contribution is -2.06. The van der Waals surface area contributed by atoms with Crippen molar-refractivity contribution in [3.05, 3.63) is 52.6 Å². The average molecular weight is 323 g/mol. The fourth-order valence-electron chi connectivity index (χ4n) is 1.62. The average Bonchev–Trinajstić information content (AvgIpc) is 2.39. The molecule has 0 saturated heterocycles. The Hall–Kier alpha value is -2.02. The van der Waals surface area contributed by atoms with E-state index in [4.69, 9.17) is 17.3 Å². The molecule has 21 heavy (non-hydrogen) atoms. The van der Waals surface area contributed by atoms with Crippen LogP contribution in [0.25, 0.3) is 0 Å². The molecule has 2 nitrogen and oxygen atoms in total. The third-order valence-corrected chi connectivity index (χ3v) is 3.00. The van der Waals surface area contributed by atoms with E-state index >= 15 is 0 Å². The molecule has 0 amide bonds. The van der Waals surface area contributed by atoms with Gasteiger partial charge in [-0.15, -0.1) is 0 Å². The summed E-state index contributed by atoms with van der Waals surface area (Å²) in [6.45, 7) is 0. The Bertz CT molecular complexity index is 685. The van der Waals surface area contributed by atoms with Gasteiger partial charge in [-0.05, 0) is 30.3 Å². The van der Waals surface area contributed by atoms with Gasteiger partial charge in [-0.2, -0.15) is 13.2 Å². The number of hydrogen-bond acceptors (Lipinski definition) is 2. The van der Waals surface area contributed by atoms with Crippen LogP contribution in [0.5, 0.6) is 0 Å². The summed E-state index contributed by atoms with van der Waals surface area (Å²) < 4.78 is 64.2. The Morgan fingerprint density at radius 1 is 1.05 bits per heavy atom. The summed E-state index contributed by atoms with van der Waals surface area (Å²) in [7, 11) is 0. The highest BCUT2D eigenvalue weighted by Crippen LogP contribution is 2.36. The number of hydrogen-bond donors (Lipinski definition) is 2. The third-order valence-electron chi connectivity index (χ3n) is 2.68. The molecule has 2 aromatic rings. The Morgan fingerprint density at radius 2 is 1.71 bits per heavy atom. The highest BCUT2D eigenvalue weighted by Gasteiger charge is 2.31. The van der Waals surface area contributed by atoms with Crippen molar-refractivity contribution in [2.75, 3.05) is 11.1 Å². The molecule has 8 heteroatoms. The Kier molecular flexibility index (Phi) is 3.95. The predicted molar refractivity (Wildman–Crippen MR) is 70.5 cm³/mol. The Balaban J connectivity index is 2.40. The van der Waals surface area contributed by atoms with Gasteiger partial charge in [0.15, 0.2) is 11.6 Å². The van der Waals surface area contributed by atoms with Crippen LogP contribution in [-0.4, -0.2) is 0 Å². The van der Waals surface area contributed by atoms with Gasteiger partial charge >= 0.3 is 6.18 Å². The second-order valence-corrected chi connectivity index (χ2v) is 4.55. The van der Waals surface area contributed by atoms with Crippen molar-refractivity contribution in [2.24, 2.45) is 0 Å². The number of nitrogens with two attached hydrogens (primary N) is 1. The highest BCUT2D eigenvalue weighted by atomic mass is 35.5. The van der Waals surface area contributed by atoms with Crippen molar-refractivity contribution < 1.29 is 22.0 Å². The van der Waals surface area contributed by atoms with E-state index in [1.807, 2.05) is 0 Å². The number of anilines is 3. The van der Waals surface area contributed by atoms with Crippen molar-refractivity contribution >= 4 is 28.7 Å². The second kappa shape index (κ2) is 5.40. The summed E-state index contributed by atoms with van der Waals surface area (Å²) in [4.78, 5) is 0. The molecule has 112 valence electrons. The molecule has 3 N–H and O–H groups in total. The van der Waals surface area contributed by atoms with Crippen LogP contribution in [0.4, 0.5) is 39.0 Å². The summed E-state index contributed by atoms with van der Waals surface area (Å²) in [5.41, 5.74) is 4.02. The minimum atomic E-state index is -4.55. The molecule has 0 unspecified atom stereocenters. The molecule has 0 atom stereocenters.